The molecule has 0 unspecified atom stereocenters. The van der Waals surface area contributed by atoms with E-state index in [4.69, 9.17) is 11.6 Å². The van der Waals surface area contributed by atoms with Crippen molar-refractivity contribution >= 4 is 17.5 Å². The number of carbonyl (C=O) groups excluding carboxylic acids is 1. The first-order valence-electron chi connectivity index (χ1n) is 7.61. The Morgan fingerprint density at radius 1 is 1.41 bits per heavy atom. The van der Waals surface area contributed by atoms with Crippen LogP contribution in [0, 0.1) is 0 Å². The van der Waals surface area contributed by atoms with Gasteiger partial charge in [-0.1, -0.05) is 30.7 Å². The molecule has 0 N–H and O–H groups in total. The Balaban J connectivity index is 2.01. The van der Waals surface area contributed by atoms with E-state index < -0.39 is 0 Å². The van der Waals surface area contributed by atoms with Gasteiger partial charge in [-0.05, 0) is 37.1 Å². The molecule has 0 saturated heterocycles. The maximum atomic E-state index is 12.6. The lowest BCUT2D eigenvalue weighted by Gasteiger charge is -2.24. The summed E-state index contributed by atoms with van der Waals surface area (Å²) in [5, 5.41) is 4.90. The number of amides is 1. The van der Waals surface area contributed by atoms with E-state index >= 15 is 0 Å². The second-order valence-corrected chi connectivity index (χ2v) is 5.92. The Bertz CT molecular complexity index is 598. The first kappa shape index (κ1) is 16.6. The summed E-state index contributed by atoms with van der Waals surface area (Å²) in [6, 6.07) is 9.60. The molecule has 0 spiro atoms. The van der Waals surface area contributed by atoms with Crippen LogP contribution in [0.25, 0.3) is 0 Å². The second-order valence-electron chi connectivity index (χ2n) is 5.48. The Hall–Kier alpha value is -1.81. The van der Waals surface area contributed by atoms with Crippen LogP contribution in [0.15, 0.2) is 42.7 Å². The number of carbonyl (C=O) groups is 1. The molecular weight excluding hydrogens is 298 g/mol. The van der Waals surface area contributed by atoms with Gasteiger partial charge in [0, 0.05) is 36.9 Å². The molecular formula is C17H22ClN3O. The van der Waals surface area contributed by atoms with Crippen LogP contribution >= 0.6 is 11.6 Å². The van der Waals surface area contributed by atoms with Gasteiger partial charge in [0.1, 0.15) is 0 Å². The predicted octanol–water partition coefficient (Wildman–Crippen LogP) is 3.93. The minimum atomic E-state index is 0.0567. The standard InChI is InChI=1S/C17H22ClN3O/c1-3-9-20(13-15-6-4-7-16(18)12-15)17(22)11-14(2)21-10-5-8-19-21/h4-8,10,12,14H,3,9,11,13H2,1-2H3/t14-/m1/s1. The topological polar surface area (TPSA) is 38.1 Å². The highest BCUT2D eigenvalue weighted by Crippen LogP contribution is 2.16. The Labute approximate surface area is 136 Å². The van der Waals surface area contributed by atoms with E-state index in [1.54, 1.807) is 6.20 Å². The molecule has 2 aromatic rings. The quantitative estimate of drug-likeness (QED) is 0.775. The van der Waals surface area contributed by atoms with E-state index in [9.17, 15) is 4.79 Å². The third kappa shape index (κ3) is 4.60. The molecule has 0 saturated carbocycles. The van der Waals surface area contributed by atoms with Gasteiger partial charge in [0.05, 0.1) is 6.04 Å². The number of hydrogen-bond acceptors (Lipinski definition) is 2. The van der Waals surface area contributed by atoms with Crippen LogP contribution in [0.1, 0.15) is 38.3 Å². The first-order chi connectivity index (χ1) is 10.6. The van der Waals surface area contributed by atoms with Crippen molar-refractivity contribution in [1.82, 2.24) is 14.7 Å². The Morgan fingerprint density at radius 2 is 2.23 bits per heavy atom. The molecule has 118 valence electrons. The molecule has 1 atom stereocenters. The maximum Gasteiger partial charge on any atom is 0.225 e. The van der Waals surface area contributed by atoms with E-state index in [-0.39, 0.29) is 11.9 Å². The van der Waals surface area contributed by atoms with Gasteiger partial charge < -0.3 is 4.90 Å². The van der Waals surface area contributed by atoms with Gasteiger partial charge in [0.25, 0.3) is 0 Å². The van der Waals surface area contributed by atoms with Crippen molar-refractivity contribution in [3.63, 3.8) is 0 Å². The summed E-state index contributed by atoms with van der Waals surface area (Å²) in [6.45, 7) is 5.43. The van der Waals surface area contributed by atoms with Crippen LogP contribution in [-0.4, -0.2) is 27.1 Å². The smallest absolute Gasteiger partial charge is 0.225 e. The largest absolute Gasteiger partial charge is 0.338 e. The van der Waals surface area contributed by atoms with Crippen molar-refractivity contribution in [3.05, 3.63) is 53.3 Å². The second kappa shape index (κ2) is 7.99. The summed E-state index contributed by atoms with van der Waals surface area (Å²) in [5.41, 5.74) is 1.06. The monoisotopic (exact) mass is 319 g/mol. The molecule has 0 bridgehead atoms. The lowest BCUT2D eigenvalue weighted by atomic mass is 10.1. The zero-order chi connectivity index (χ0) is 15.9. The summed E-state index contributed by atoms with van der Waals surface area (Å²) in [7, 11) is 0. The Morgan fingerprint density at radius 3 is 2.86 bits per heavy atom. The Kier molecular flexibility index (Phi) is 6.01. The highest BCUT2D eigenvalue weighted by atomic mass is 35.5. The van der Waals surface area contributed by atoms with Crippen molar-refractivity contribution in [2.24, 2.45) is 0 Å². The van der Waals surface area contributed by atoms with Crippen molar-refractivity contribution in [2.45, 2.75) is 39.3 Å². The molecule has 0 radical (unpaired) electrons. The molecule has 0 aliphatic rings. The fourth-order valence-corrected chi connectivity index (χ4v) is 2.65. The minimum Gasteiger partial charge on any atom is -0.338 e. The van der Waals surface area contributed by atoms with Crippen molar-refractivity contribution < 1.29 is 4.79 Å². The van der Waals surface area contributed by atoms with Crippen molar-refractivity contribution in [1.29, 1.82) is 0 Å². The van der Waals surface area contributed by atoms with E-state index in [0.717, 1.165) is 18.5 Å². The van der Waals surface area contributed by atoms with Crippen LogP contribution < -0.4 is 0 Å². The average molecular weight is 320 g/mol. The molecule has 22 heavy (non-hydrogen) atoms. The lowest BCUT2D eigenvalue weighted by molar-refractivity contribution is -0.132. The molecule has 0 aliphatic heterocycles. The summed E-state index contributed by atoms with van der Waals surface area (Å²) in [5.74, 6) is 0.143. The third-order valence-corrected chi connectivity index (χ3v) is 3.79. The highest BCUT2D eigenvalue weighted by Gasteiger charge is 2.17. The molecule has 1 aromatic carbocycles. The van der Waals surface area contributed by atoms with Crippen LogP contribution in [-0.2, 0) is 11.3 Å². The summed E-state index contributed by atoms with van der Waals surface area (Å²) >= 11 is 6.02. The average Bonchev–Trinajstić information content (AvgIpc) is 3.01. The number of hydrogen-bond donors (Lipinski definition) is 0. The molecule has 1 heterocycles. The fraction of sp³-hybridized carbons (Fsp3) is 0.412. The van der Waals surface area contributed by atoms with Crippen LogP contribution in [0.2, 0.25) is 5.02 Å². The molecule has 0 fully saturated rings. The van der Waals surface area contributed by atoms with Gasteiger partial charge in [-0.2, -0.15) is 5.10 Å². The van der Waals surface area contributed by atoms with Gasteiger partial charge in [-0.3, -0.25) is 9.48 Å². The number of halogens is 1. The van der Waals surface area contributed by atoms with E-state index in [0.29, 0.717) is 18.0 Å². The molecule has 2 rings (SSSR count). The molecule has 4 nitrogen and oxygen atoms in total. The molecule has 1 amide bonds. The zero-order valence-electron chi connectivity index (χ0n) is 13.1. The highest BCUT2D eigenvalue weighted by molar-refractivity contribution is 6.30. The van der Waals surface area contributed by atoms with E-state index in [1.165, 1.54) is 0 Å². The number of nitrogens with zero attached hydrogens (tertiary/aromatic N) is 3. The summed E-state index contributed by atoms with van der Waals surface area (Å²) in [4.78, 5) is 14.5. The molecule has 0 aliphatic carbocycles. The summed E-state index contributed by atoms with van der Waals surface area (Å²) in [6.07, 6.45) is 5.00. The van der Waals surface area contributed by atoms with Crippen molar-refractivity contribution in [3.8, 4) is 0 Å². The first-order valence-corrected chi connectivity index (χ1v) is 7.99. The van der Waals surface area contributed by atoms with Crippen LogP contribution in [0.5, 0.6) is 0 Å². The normalized spacial score (nSPS) is 12.1. The number of aromatic nitrogens is 2. The fourth-order valence-electron chi connectivity index (χ4n) is 2.43. The third-order valence-electron chi connectivity index (χ3n) is 3.56. The van der Waals surface area contributed by atoms with Gasteiger partial charge in [0.2, 0.25) is 5.91 Å². The number of benzene rings is 1. The maximum absolute atomic E-state index is 12.6. The zero-order valence-corrected chi connectivity index (χ0v) is 13.8. The minimum absolute atomic E-state index is 0.0567. The molecule has 5 heteroatoms. The lowest BCUT2D eigenvalue weighted by Crippen LogP contribution is -2.32. The van der Waals surface area contributed by atoms with E-state index in [2.05, 4.69) is 12.0 Å². The van der Waals surface area contributed by atoms with Gasteiger partial charge >= 0.3 is 0 Å². The van der Waals surface area contributed by atoms with Crippen LogP contribution in [0.4, 0.5) is 0 Å². The van der Waals surface area contributed by atoms with Crippen molar-refractivity contribution in [2.75, 3.05) is 6.54 Å². The van der Waals surface area contributed by atoms with Crippen LogP contribution in [0.3, 0.4) is 0 Å². The summed E-state index contributed by atoms with van der Waals surface area (Å²) < 4.78 is 1.82. The molecule has 1 aromatic heterocycles. The SMILES string of the molecule is CCCN(Cc1cccc(Cl)c1)C(=O)C[C@@H](C)n1cccn1. The van der Waals surface area contributed by atoms with Gasteiger partial charge in [-0.25, -0.2) is 0 Å². The van der Waals surface area contributed by atoms with E-state index in [1.807, 2.05) is 53.0 Å². The van der Waals surface area contributed by atoms with Gasteiger partial charge in [0.15, 0.2) is 0 Å². The van der Waals surface area contributed by atoms with Gasteiger partial charge in [-0.15, -0.1) is 0 Å². The number of rotatable bonds is 7. The predicted molar refractivity (Wildman–Crippen MR) is 88.7 cm³/mol.